The normalized spacial score (nSPS) is 39.2. The minimum atomic E-state index is -2.46. The fraction of sp³-hybridized carbons (Fsp3) is 0.773. The molecule has 13 atom stereocenters. The molecule has 3 aliphatic heterocycles. The number of nitrogens with zero attached hydrogens (tertiary/aromatic N) is 2. The van der Waals surface area contributed by atoms with Crippen LogP contribution < -0.4 is 0 Å². The molecule has 0 aromatic carbocycles. The summed E-state index contributed by atoms with van der Waals surface area (Å²) in [5.74, 6) is -6.17. The lowest BCUT2D eigenvalue weighted by Gasteiger charge is -2.47. The first-order valence-electron chi connectivity index (χ1n) is 21.0. The van der Waals surface area contributed by atoms with Gasteiger partial charge in [0.1, 0.15) is 25.4 Å². The highest BCUT2D eigenvalue weighted by atomic mass is 16.7. The Morgan fingerprint density at radius 3 is 2.32 bits per heavy atom. The van der Waals surface area contributed by atoms with Gasteiger partial charge in [-0.05, 0) is 102 Å². The van der Waals surface area contributed by atoms with E-state index in [1.54, 1.807) is 28.3 Å². The lowest BCUT2D eigenvalue weighted by atomic mass is 9.82. The molecule has 2 saturated heterocycles. The summed E-state index contributed by atoms with van der Waals surface area (Å²) < 4.78 is 30.1. The van der Waals surface area contributed by atoms with Crippen LogP contribution in [-0.4, -0.2) is 122 Å². The molecule has 3 heterocycles. The Labute approximate surface area is 340 Å². The zero-order valence-electron chi connectivity index (χ0n) is 36.0. The van der Waals surface area contributed by atoms with Crippen LogP contribution in [0.4, 0.5) is 0 Å². The van der Waals surface area contributed by atoms with Crippen molar-refractivity contribution in [1.29, 1.82) is 0 Å². The highest BCUT2D eigenvalue weighted by molar-refractivity contribution is 6.39. The SMILES string of the molecule is CCC1C=C(C)CC(C)CC(OC)C2OC(O)(C(=O)C(=O)N3CCCCC3C(=O)OC(C(C)=CC3CCC(O)C(OC)C3)C(C)C=CC1=NOC)C(C)CC2OC. The fourth-order valence-electron chi connectivity index (χ4n) is 9.30. The lowest BCUT2D eigenvalue weighted by Crippen LogP contribution is -2.64. The molecule has 0 aromatic rings. The Morgan fingerprint density at radius 2 is 1.67 bits per heavy atom. The third-order valence-electron chi connectivity index (χ3n) is 12.6. The maximum absolute atomic E-state index is 14.4. The smallest absolute Gasteiger partial charge is 0.329 e. The quantitative estimate of drug-likeness (QED) is 0.140. The predicted octanol–water partition coefficient (Wildman–Crippen LogP) is 5.71. The number of piperidine rings is 1. The van der Waals surface area contributed by atoms with E-state index < -0.39 is 65.9 Å². The lowest BCUT2D eigenvalue weighted by molar-refractivity contribution is -0.302. The van der Waals surface area contributed by atoms with E-state index >= 15 is 0 Å². The minimum absolute atomic E-state index is 0.0610. The molecule has 2 N–H and O–H groups in total. The van der Waals surface area contributed by atoms with Gasteiger partial charge < -0.3 is 43.6 Å². The average molecular weight is 803 g/mol. The number of Topliss-reactive ketones (excluding diaryl/α,β-unsaturated/α-hetero) is 1. The number of aliphatic hydroxyl groups is 2. The van der Waals surface area contributed by atoms with Crippen LogP contribution in [0.2, 0.25) is 0 Å². The maximum Gasteiger partial charge on any atom is 0.329 e. The summed E-state index contributed by atoms with van der Waals surface area (Å²) in [5, 5.41) is 26.9. The van der Waals surface area contributed by atoms with Crippen molar-refractivity contribution < 1.29 is 53.1 Å². The number of allylic oxidation sites excluding steroid dienone is 4. The summed E-state index contributed by atoms with van der Waals surface area (Å²) in [6.07, 6.45) is 10.5. The molecule has 4 rings (SSSR count). The number of hydrogen-bond acceptors (Lipinski definition) is 12. The molecule has 322 valence electrons. The van der Waals surface area contributed by atoms with Gasteiger partial charge in [0.05, 0.1) is 30.1 Å². The van der Waals surface area contributed by atoms with Gasteiger partial charge in [-0.15, -0.1) is 0 Å². The van der Waals surface area contributed by atoms with Crippen molar-refractivity contribution >= 4 is 23.4 Å². The third-order valence-corrected chi connectivity index (χ3v) is 12.6. The van der Waals surface area contributed by atoms with E-state index in [9.17, 15) is 24.6 Å². The Bertz CT molecular complexity index is 1490. The fourth-order valence-corrected chi connectivity index (χ4v) is 9.30. The van der Waals surface area contributed by atoms with E-state index in [1.807, 2.05) is 26.0 Å². The van der Waals surface area contributed by atoms with E-state index in [-0.39, 0.29) is 42.7 Å². The van der Waals surface area contributed by atoms with Crippen LogP contribution in [0.25, 0.3) is 0 Å². The minimum Gasteiger partial charge on any atom is -0.456 e. The number of cyclic esters (lactones) is 1. The van der Waals surface area contributed by atoms with Crippen molar-refractivity contribution in [3.05, 3.63) is 35.5 Å². The van der Waals surface area contributed by atoms with Crippen molar-refractivity contribution in [3.8, 4) is 0 Å². The summed E-state index contributed by atoms with van der Waals surface area (Å²) in [6, 6.07) is -1.04. The standard InChI is InChI=1S/C44H70N2O11/c1-11-32-21-26(2)20-27(3)22-37(53-8)40-38(54-9)24-30(6)44(51,57-40)41(48)42(49)46-19-13-12-14-34(46)43(50)56-39(28(4)15-17-33(32)45-55-10)29(5)23-31-16-18-35(47)36(25-31)52-7/h15,17,21,23,27-28,30-32,34-40,47,51H,11-14,16,18-20,22,24-25H2,1-10H3. The van der Waals surface area contributed by atoms with Crippen LogP contribution in [0.5, 0.6) is 0 Å². The first-order chi connectivity index (χ1) is 27.1. The highest BCUT2D eigenvalue weighted by Gasteiger charge is 2.56. The number of carbonyl (C=O) groups is 3. The molecule has 13 heteroatoms. The third kappa shape index (κ3) is 11.4. The summed E-state index contributed by atoms with van der Waals surface area (Å²) in [5.41, 5.74) is 2.70. The molecule has 13 unspecified atom stereocenters. The Balaban J connectivity index is 1.80. The van der Waals surface area contributed by atoms with Gasteiger partial charge in [0.15, 0.2) is 0 Å². The average Bonchev–Trinajstić information content (AvgIpc) is 3.20. The molecule has 13 nitrogen and oxygen atoms in total. The summed E-state index contributed by atoms with van der Waals surface area (Å²) >= 11 is 0. The van der Waals surface area contributed by atoms with Gasteiger partial charge in [-0.2, -0.15) is 0 Å². The van der Waals surface area contributed by atoms with Crippen molar-refractivity contribution in [1.82, 2.24) is 4.90 Å². The summed E-state index contributed by atoms with van der Waals surface area (Å²) in [4.78, 5) is 49.4. The van der Waals surface area contributed by atoms with E-state index in [0.29, 0.717) is 38.5 Å². The second-order valence-corrected chi connectivity index (χ2v) is 17.0. The predicted molar refractivity (Wildman–Crippen MR) is 216 cm³/mol. The van der Waals surface area contributed by atoms with Crippen LogP contribution in [0.15, 0.2) is 40.6 Å². The molecule has 0 spiro atoms. The molecule has 1 aliphatic carbocycles. The van der Waals surface area contributed by atoms with Crippen LogP contribution in [0.3, 0.4) is 0 Å². The molecule has 2 bridgehead atoms. The van der Waals surface area contributed by atoms with Crippen molar-refractivity contribution in [3.63, 3.8) is 0 Å². The molecular weight excluding hydrogens is 732 g/mol. The van der Waals surface area contributed by atoms with Gasteiger partial charge >= 0.3 is 5.97 Å². The number of fused-ring (bicyclic) bond motifs is 3. The number of rotatable bonds is 7. The van der Waals surface area contributed by atoms with Crippen LogP contribution in [0.1, 0.15) is 106 Å². The van der Waals surface area contributed by atoms with Crippen molar-refractivity contribution in [2.24, 2.45) is 34.7 Å². The summed E-state index contributed by atoms with van der Waals surface area (Å²) in [6.45, 7) is 12.0. The number of methoxy groups -OCH3 is 3. The largest absolute Gasteiger partial charge is 0.456 e. The van der Waals surface area contributed by atoms with E-state index in [1.165, 1.54) is 12.0 Å². The number of ketones is 1. The van der Waals surface area contributed by atoms with Gasteiger partial charge in [-0.3, -0.25) is 9.59 Å². The number of ether oxygens (including phenoxy) is 5. The molecule has 3 fully saturated rings. The molecule has 4 aliphatic rings. The highest BCUT2D eigenvalue weighted by Crippen LogP contribution is 2.39. The molecule has 1 amide bonds. The van der Waals surface area contributed by atoms with Crippen LogP contribution >= 0.6 is 0 Å². The maximum atomic E-state index is 14.4. The zero-order chi connectivity index (χ0) is 42.0. The second-order valence-electron chi connectivity index (χ2n) is 17.0. The molecule has 0 aromatic heterocycles. The second kappa shape index (κ2) is 21.4. The number of esters is 1. The van der Waals surface area contributed by atoms with Gasteiger partial charge in [-0.1, -0.05) is 56.7 Å². The monoisotopic (exact) mass is 802 g/mol. The number of aliphatic hydroxyl groups excluding tert-OH is 1. The Morgan fingerprint density at radius 1 is 0.982 bits per heavy atom. The number of hydrogen-bond donors (Lipinski definition) is 2. The molecule has 0 radical (unpaired) electrons. The Kier molecular flexibility index (Phi) is 17.5. The topological polar surface area (TPSA) is 163 Å². The summed E-state index contributed by atoms with van der Waals surface area (Å²) in [7, 11) is 6.25. The first kappa shape index (κ1) is 46.7. The number of carbonyl (C=O) groups excluding carboxylic acids is 3. The van der Waals surface area contributed by atoms with E-state index in [0.717, 1.165) is 36.1 Å². The molecule has 1 saturated carbocycles. The number of oxime groups is 1. The first-order valence-corrected chi connectivity index (χ1v) is 21.0. The molecule has 57 heavy (non-hydrogen) atoms. The number of amides is 1. The van der Waals surface area contributed by atoms with Crippen molar-refractivity contribution in [2.45, 2.75) is 154 Å². The van der Waals surface area contributed by atoms with Gasteiger partial charge in [-0.25, -0.2) is 4.79 Å². The van der Waals surface area contributed by atoms with Gasteiger partial charge in [0, 0.05) is 45.6 Å². The van der Waals surface area contributed by atoms with Gasteiger partial charge in [0.25, 0.3) is 11.7 Å². The van der Waals surface area contributed by atoms with E-state index in [4.69, 9.17) is 28.5 Å². The van der Waals surface area contributed by atoms with Crippen LogP contribution in [-0.2, 0) is 42.9 Å². The van der Waals surface area contributed by atoms with Crippen molar-refractivity contribution in [2.75, 3.05) is 35.0 Å². The van der Waals surface area contributed by atoms with Crippen LogP contribution in [0, 0.1) is 29.6 Å². The zero-order valence-corrected chi connectivity index (χ0v) is 36.0. The van der Waals surface area contributed by atoms with E-state index in [2.05, 4.69) is 38.1 Å². The Hall–Kier alpha value is -2.94. The molecular formula is C44H70N2O11. The van der Waals surface area contributed by atoms with Gasteiger partial charge in [0.2, 0.25) is 5.79 Å².